The Bertz CT molecular complexity index is 737. The van der Waals surface area contributed by atoms with Crippen molar-refractivity contribution in [3.05, 3.63) is 58.1 Å². The van der Waals surface area contributed by atoms with Crippen LogP contribution in [0.5, 0.6) is 0 Å². The monoisotopic (exact) mass is 354 g/mol. The van der Waals surface area contributed by atoms with Crippen LogP contribution in [0.15, 0.2) is 56.7 Å². The topological polar surface area (TPSA) is 54.4 Å². The number of hydrogen-bond donors (Lipinski definition) is 1. The Morgan fingerprint density at radius 3 is 2.40 bits per heavy atom. The van der Waals surface area contributed by atoms with Crippen molar-refractivity contribution in [2.45, 2.75) is 29.7 Å². The third-order valence-electron chi connectivity index (χ3n) is 3.10. The van der Waals surface area contributed by atoms with Crippen molar-refractivity contribution < 1.29 is 13.5 Å². The van der Waals surface area contributed by atoms with Crippen molar-refractivity contribution in [1.82, 2.24) is 0 Å². The quantitative estimate of drug-likeness (QED) is 0.915. The molecular weight excluding hydrogens is 340 g/mol. The number of rotatable bonds is 3. The first-order valence-electron chi connectivity index (χ1n) is 6.12. The summed E-state index contributed by atoms with van der Waals surface area (Å²) in [7, 11) is -3.63. The van der Waals surface area contributed by atoms with Gasteiger partial charge in [-0.1, -0.05) is 34.1 Å². The highest BCUT2D eigenvalue weighted by Gasteiger charge is 2.23. The maximum Gasteiger partial charge on any atom is 0.206 e. The second-order valence-corrected chi connectivity index (χ2v) is 7.40. The van der Waals surface area contributed by atoms with Crippen molar-refractivity contribution in [3.63, 3.8) is 0 Å². The average molecular weight is 355 g/mol. The average Bonchev–Trinajstić information content (AvgIpc) is 2.41. The number of benzene rings is 2. The first-order valence-corrected chi connectivity index (χ1v) is 8.40. The van der Waals surface area contributed by atoms with E-state index in [1.807, 2.05) is 6.92 Å². The van der Waals surface area contributed by atoms with Gasteiger partial charge in [-0.15, -0.1) is 0 Å². The molecule has 20 heavy (non-hydrogen) atoms. The second-order valence-electron chi connectivity index (χ2n) is 4.63. The van der Waals surface area contributed by atoms with E-state index in [9.17, 15) is 13.5 Å². The van der Waals surface area contributed by atoms with Gasteiger partial charge in [-0.05, 0) is 49.2 Å². The molecule has 1 atom stereocenters. The summed E-state index contributed by atoms with van der Waals surface area (Å²) in [5, 5.41) is 9.74. The Morgan fingerprint density at radius 2 is 1.80 bits per heavy atom. The maximum absolute atomic E-state index is 12.7. The fourth-order valence-corrected chi connectivity index (χ4v) is 3.87. The van der Waals surface area contributed by atoms with Crippen LogP contribution in [0, 0.1) is 6.92 Å². The molecule has 2 aromatic carbocycles. The molecule has 0 saturated heterocycles. The molecule has 0 spiro atoms. The van der Waals surface area contributed by atoms with Gasteiger partial charge in [-0.2, -0.15) is 0 Å². The van der Waals surface area contributed by atoms with Crippen molar-refractivity contribution in [2.75, 3.05) is 0 Å². The second kappa shape index (κ2) is 5.68. The zero-order valence-corrected chi connectivity index (χ0v) is 13.6. The van der Waals surface area contributed by atoms with E-state index in [0.717, 1.165) is 10.0 Å². The molecule has 0 bridgehead atoms. The van der Waals surface area contributed by atoms with Gasteiger partial charge >= 0.3 is 0 Å². The maximum atomic E-state index is 12.7. The Hall–Kier alpha value is -1.17. The zero-order valence-electron chi connectivity index (χ0n) is 11.2. The molecule has 0 aliphatic heterocycles. The highest BCUT2D eigenvalue weighted by Crippen LogP contribution is 2.29. The van der Waals surface area contributed by atoms with E-state index in [1.165, 1.54) is 6.07 Å². The van der Waals surface area contributed by atoms with E-state index in [1.54, 1.807) is 43.3 Å². The first kappa shape index (κ1) is 15.2. The molecular formula is C15H15BrO3S. The zero-order chi connectivity index (χ0) is 14.9. The van der Waals surface area contributed by atoms with Gasteiger partial charge in [-0.25, -0.2) is 8.42 Å². The number of halogens is 1. The molecule has 1 N–H and O–H groups in total. The number of aryl methyl sites for hydroxylation is 1. The van der Waals surface area contributed by atoms with Crippen LogP contribution < -0.4 is 0 Å². The molecule has 2 aromatic rings. The van der Waals surface area contributed by atoms with Gasteiger partial charge in [0.15, 0.2) is 0 Å². The summed E-state index contributed by atoms with van der Waals surface area (Å²) in [6.07, 6.45) is -0.836. The van der Waals surface area contributed by atoms with E-state index in [2.05, 4.69) is 15.9 Å². The van der Waals surface area contributed by atoms with Crippen LogP contribution in [0.3, 0.4) is 0 Å². The van der Waals surface area contributed by atoms with Crippen molar-refractivity contribution in [1.29, 1.82) is 0 Å². The Kier molecular flexibility index (Phi) is 4.32. The molecule has 1 unspecified atom stereocenters. The molecule has 0 radical (unpaired) electrons. The van der Waals surface area contributed by atoms with Crippen LogP contribution in [0.2, 0.25) is 0 Å². The van der Waals surface area contributed by atoms with Crippen LogP contribution in [0.25, 0.3) is 0 Å². The molecule has 0 heterocycles. The van der Waals surface area contributed by atoms with Gasteiger partial charge in [0, 0.05) is 4.47 Å². The summed E-state index contributed by atoms with van der Waals surface area (Å²) in [4.78, 5) is 0.378. The van der Waals surface area contributed by atoms with Crippen molar-refractivity contribution >= 4 is 25.8 Å². The predicted octanol–water partition coefficient (Wildman–Crippen LogP) is 3.64. The van der Waals surface area contributed by atoms with Crippen LogP contribution in [-0.4, -0.2) is 13.5 Å². The normalized spacial score (nSPS) is 13.2. The predicted molar refractivity (Wildman–Crippen MR) is 81.4 cm³/mol. The van der Waals surface area contributed by atoms with Gasteiger partial charge in [-0.3, -0.25) is 0 Å². The Morgan fingerprint density at radius 1 is 1.15 bits per heavy atom. The summed E-state index contributed by atoms with van der Waals surface area (Å²) in [6.45, 7) is 3.39. The number of aliphatic hydroxyl groups is 1. The minimum atomic E-state index is -3.63. The smallest absolute Gasteiger partial charge is 0.206 e. The number of sulfone groups is 1. The molecule has 0 aliphatic rings. The summed E-state index contributed by atoms with van der Waals surface area (Å²) in [5.41, 5.74) is 1.26. The lowest BCUT2D eigenvalue weighted by Crippen LogP contribution is -2.07. The first-order chi connectivity index (χ1) is 9.34. The fourth-order valence-electron chi connectivity index (χ4n) is 1.98. The number of aliphatic hydroxyl groups excluding tert-OH is 1. The minimum absolute atomic E-state index is 0.150. The summed E-state index contributed by atoms with van der Waals surface area (Å²) in [6, 6.07) is 11.4. The van der Waals surface area contributed by atoms with Crippen molar-refractivity contribution in [3.8, 4) is 0 Å². The van der Waals surface area contributed by atoms with Crippen LogP contribution in [0.4, 0.5) is 0 Å². The van der Waals surface area contributed by atoms with Crippen LogP contribution >= 0.6 is 15.9 Å². The van der Waals surface area contributed by atoms with Crippen molar-refractivity contribution in [2.24, 2.45) is 0 Å². The highest BCUT2D eigenvalue weighted by molar-refractivity contribution is 9.10. The molecule has 0 aromatic heterocycles. The lowest BCUT2D eigenvalue weighted by atomic mass is 10.1. The molecule has 106 valence electrons. The van der Waals surface area contributed by atoms with Gasteiger partial charge in [0.25, 0.3) is 0 Å². The van der Waals surface area contributed by atoms with E-state index in [-0.39, 0.29) is 9.79 Å². The molecule has 3 nitrogen and oxygen atoms in total. The van der Waals surface area contributed by atoms with E-state index >= 15 is 0 Å². The molecule has 5 heteroatoms. The molecule has 0 amide bonds. The largest absolute Gasteiger partial charge is 0.389 e. The van der Waals surface area contributed by atoms with Gasteiger partial charge < -0.3 is 5.11 Å². The summed E-state index contributed by atoms with van der Waals surface area (Å²) < 4.78 is 26.3. The standard InChI is InChI=1S/C15H15BrO3S/c1-10-9-12(7-8-14(10)16)20(18,19)15-6-4-3-5-13(15)11(2)17/h3-9,11,17H,1-2H3. The van der Waals surface area contributed by atoms with Crippen LogP contribution in [-0.2, 0) is 9.84 Å². The van der Waals surface area contributed by atoms with E-state index < -0.39 is 15.9 Å². The summed E-state index contributed by atoms with van der Waals surface area (Å²) >= 11 is 3.36. The lowest BCUT2D eigenvalue weighted by Gasteiger charge is -2.13. The molecule has 0 saturated carbocycles. The van der Waals surface area contributed by atoms with Gasteiger partial charge in [0.2, 0.25) is 9.84 Å². The molecule has 2 rings (SSSR count). The Labute approximate surface area is 127 Å². The van der Waals surface area contributed by atoms with Gasteiger partial charge in [0.1, 0.15) is 0 Å². The third-order valence-corrected chi connectivity index (χ3v) is 5.81. The fraction of sp³-hybridized carbons (Fsp3) is 0.200. The SMILES string of the molecule is Cc1cc(S(=O)(=O)c2ccccc2C(C)O)ccc1Br. The highest BCUT2D eigenvalue weighted by atomic mass is 79.9. The molecule has 0 aliphatic carbocycles. The summed E-state index contributed by atoms with van der Waals surface area (Å²) in [5.74, 6) is 0. The lowest BCUT2D eigenvalue weighted by molar-refractivity contribution is 0.196. The van der Waals surface area contributed by atoms with E-state index in [4.69, 9.17) is 0 Å². The van der Waals surface area contributed by atoms with E-state index in [0.29, 0.717) is 5.56 Å². The van der Waals surface area contributed by atoms with Crippen LogP contribution in [0.1, 0.15) is 24.2 Å². The molecule has 0 fully saturated rings. The van der Waals surface area contributed by atoms with Gasteiger partial charge in [0.05, 0.1) is 15.9 Å². The minimum Gasteiger partial charge on any atom is -0.389 e. The number of hydrogen-bond acceptors (Lipinski definition) is 3. The third kappa shape index (κ3) is 2.80. The Balaban J connectivity index is 2.64.